The van der Waals surface area contributed by atoms with E-state index in [4.69, 9.17) is 11.5 Å². The summed E-state index contributed by atoms with van der Waals surface area (Å²) in [5, 5.41) is 0. The van der Waals surface area contributed by atoms with Gasteiger partial charge in [-0.15, -0.1) is 0 Å². The highest BCUT2D eigenvalue weighted by Crippen LogP contribution is 2.17. The lowest BCUT2D eigenvalue weighted by atomic mass is 9.97. The largest absolute Gasteiger partial charge is 0.366 e. The third-order valence-electron chi connectivity index (χ3n) is 1.68. The molecule has 0 bridgehead atoms. The molecule has 0 aliphatic heterocycles. The Hall–Kier alpha value is -1.58. The van der Waals surface area contributed by atoms with Crippen LogP contribution in [0.3, 0.4) is 0 Å². The standard InChI is InChI=1S/C8H10N2O2/c9-7(11)5-3-1-2-4-6(5)8(10)12/h3-4H,1-2H2,(H2,9,11)(H2,10,12). The van der Waals surface area contributed by atoms with Gasteiger partial charge in [0.2, 0.25) is 11.8 Å². The summed E-state index contributed by atoms with van der Waals surface area (Å²) in [5.41, 5.74) is 10.6. The summed E-state index contributed by atoms with van der Waals surface area (Å²) in [6.07, 6.45) is 4.74. The Morgan fingerprint density at radius 2 is 1.33 bits per heavy atom. The molecule has 0 radical (unpaired) electrons. The minimum atomic E-state index is -0.597. The Morgan fingerprint density at radius 3 is 1.58 bits per heavy atom. The van der Waals surface area contributed by atoms with Crippen LogP contribution in [0.1, 0.15) is 12.8 Å². The van der Waals surface area contributed by atoms with Crippen LogP contribution in [0.25, 0.3) is 0 Å². The lowest BCUT2D eigenvalue weighted by Crippen LogP contribution is -2.24. The van der Waals surface area contributed by atoms with Crippen molar-refractivity contribution in [3.05, 3.63) is 23.3 Å². The molecule has 64 valence electrons. The molecule has 1 rings (SSSR count). The number of primary amides is 2. The van der Waals surface area contributed by atoms with Gasteiger partial charge in [0.15, 0.2) is 0 Å². The Labute approximate surface area is 69.9 Å². The molecule has 0 spiro atoms. The van der Waals surface area contributed by atoms with E-state index in [2.05, 4.69) is 0 Å². The first-order valence-corrected chi connectivity index (χ1v) is 3.63. The molecule has 0 unspecified atom stereocenters. The number of hydrogen-bond donors (Lipinski definition) is 2. The fraction of sp³-hybridized carbons (Fsp3) is 0.250. The van der Waals surface area contributed by atoms with Crippen molar-refractivity contribution < 1.29 is 9.59 Å². The summed E-state index contributed by atoms with van der Waals surface area (Å²) >= 11 is 0. The lowest BCUT2D eigenvalue weighted by Gasteiger charge is -2.09. The molecule has 0 aromatic carbocycles. The summed E-state index contributed by atoms with van der Waals surface area (Å²) in [4.78, 5) is 21.5. The molecule has 1 aliphatic rings. The second kappa shape index (κ2) is 3.21. The van der Waals surface area contributed by atoms with Crippen molar-refractivity contribution in [2.24, 2.45) is 11.5 Å². The van der Waals surface area contributed by atoms with Crippen LogP contribution in [0, 0.1) is 0 Å². The van der Waals surface area contributed by atoms with Gasteiger partial charge in [0, 0.05) is 11.1 Å². The van der Waals surface area contributed by atoms with Crippen molar-refractivity contribution in [2.45, 2.75) is 12.8 Å². The van der Waals surface area contributed by atoms with Crippen LogP contribution < -0.4 is 11.5 Å². The average molecular weight is 166 g/mol. The molecule has 4 N–H and O–H groups in total. The van der Waals surface area contributed by atoms with E-state index in [-0.39, 0.29) is 11.1 Å². The van der Waals surface area contributed by atoms with E-state index in [1.54, 1.807) is 12.2 Å². The minimum absolute atomic E-state index is 0.244. The summed E-state index contributed by atoms with van der Waals surface area (Å²) in [6.45, 7) is 0. The first kappa shape index (κ1) is 8.52. The van der Waals surface area contributed by atoms with Crippen molar-refractivity contribution in [1.29, 1.82) is 0 Å². The molecular formula is C8H10N2O2. The van der Waals surface area contributed by atoms with Gasteiger partial charge in [-0.05, 0) is 12.8 Å². The monoisotopic (exact) mass is 166 g/mol. The van der Waals surface area contributed by atoms with Crippen LogP contribution in [0.2, 0.25) is 0 Å². The van der Waals surface area contributed by atoms with Crippen molar-refractivity contribution >= 4 is 11.8 Å². The topological polar surface area (TPSA) is 86.2 Å². The Balaban J connectivity index is 2.98. The Morgan fingerprint density at radius 1 is 1.00 bits per heavy atom. The van der Waals surface area contributed by atoms with Gasteiger partial charge < -0.3 is 11.5 Å². The van der Waals surface area contributed by atoms with Gasteiger partial charge in [-0.3, -0.25) is 9.59 Å². The van der Waals surface area contributed by atoms with Crippen LogP contribution in [0.5, 0.6) is 0 Å². The normalized spacial score (nSPS) is 16.3. The number of allylic oxidation sites excluding steroid dienone is 2. The van der Waals surface area contributed by atoms with E-state index >= 15 is 0 Å². The van der Waals surface area contributed by atoms with E-state index in [1.165, 1.54) is 0 Å². The van der Waals surface area contributed by atoms with E-state index in [0.717, 1.165) is 12.8 Å². The SMILES string of the molecule is NC(=O)C1=CCCC=C1C(N)=O. The van der Waals surface area contributed by atoms with Crippen LogP contribution in [0.15, 0.2) is 23.3 Å². The van der Waals surface area contributed by atoms with E-state index in [0.29, 0.717) is 0 Å². The molecule has 0 fully saturated rings. The van der Waals surface area contributed by atoms with Crippen LogP contribution in [0.4, 0.5) is 0 Å². The van der Waals surface area contributed by atoms with Gasteiger partial charge in [0.1, 0.15) is 0 Å². The highest BCUT2D eigenvalue weighted by molar-refractivity contribution is 6.10. The van der Waals surface area contributed by atoms with Crippen molar-refractivity contribution in [2.75, 3.05) is 0 Å². The molecule has 2 amide bonds. The summed E-state index contributed by atoms with van der Waals surface area (Å²) in [6, 6.07) is 0. The summed E-state index contributed by atoms with van der Waals surface area (Å²) in [5.74, 6) is -1.19. The molecule has 4 nitrogen and oxygen atoms in total. The van der Waals surface area contributed by atoms with E-state index in [1.807, 2.05) is 0 Å². The molecule has 1 aliphatic carbocycles. The Bertz CT molecular complexity index is 259. The zero-order valence-electron chi connectivity index (χ0n) is 6.54. The van der Waals surface area contributed by atoms with E-state index in [9.17, 15) is 9.59 Å². The number of rotatable bonds is 2. The highest BCUT2D eigenvalue weighted by atomic mass is 16.2. The predicted molar refractivity (Wildman–Crippen MR) is 43.8 cm³/mol. The zero-order chi connectivity index (χ0) is 9.14. The quantitative estimate of drug-likeness (QED) is 0.585. The van der Waals surface area contributed by atoms with Crippen LogP contribution in [-0.2, 0) is 9.59 Å². The predicted octanol–water partition coefficient (Wildman–Crippen LogP) is -0.396. The number of hydrogen-bond acceptors (Lipinski definition) is 2. The van der Waals surface area contributed by atoms with Crippen LogP contribution in [-0.4, -0.2) is 11.8 Å². The second-order valence-electron chi connectivity index (χ2n) is 2.54. The average Bonchev–Trinajstić information content (AvgIpc) is 2.04. The van der Waals surface area contributed by atoms with Gasteiger partial charge in [-0.2, -0.15) is 0 Å². The minimum Gasteiger partial charge on any atom is -0.366 e. The smallest absolute Gasteiger partial charge is 0.249 e. The van der Waals surface area contributed by atoms with Gasteiger partial charge in [0.25, 0.3) is 0 Å². The fourth-order valence-electron chi connectivity index (χ4n) is 1.14. The van der Waals surface area contributed by atoms with Crippen LogP contribution >= 0.6 is 0 Å². The van der Waals surface area contributed by atoms with Gasteiger partial charge >= 0.3 is 0 Å². The molecule has 12 heavy (non-hydrogen) atoms. The molecule has 4 heteroatoms. The molecule has 0 aromatic rings. The molecule has 0 atom stereocenters. The molecular weight excluding hydrogens is 156 g/mol. The number of nitrogens with two attached hydrogens (primary N) is 2. The fourth-order valence-corrected chi connectivity index (χ4v) is 1.14. The maximum Gasteiger partial charge on any atom is 0.249 e. The Kier molecular flexibility index (Phi) is 2.28. The third-order valence-corrected chi connectivity index (χ3v) is 1.68. The second-order valence-corrected chi connectivity index (χ2v) is 2.54. The molecule has 0 aromatic heterocycles. The lowest BCUT2D eigenvalue weighted by molar-refractivity contribution is -0.117. The van der Waals surface area contributed by atoms with Gasteiger partial charge in [-0.1, -0.05) is 12.2 Å². The molecule has 0 saturated heterocycles. The molecule has 0 heterocycles. The molecule has 0 saturated carbocycles. The summed E-state index contributed by atoms with van der Waals surface area (Å²) in [7, 11) is 0. The van der Waals surface area contributed by atoms with Crippen molar-refractivity contribution in [3.8, 4) is 0 Å². The number of carbonyl (C=O) groups is 2. The summed E-state index contributed by atoms with van der Waals surface area (Å²) < 4.78 is 0. The first-order valence-electron chi connectivity index (χ1n) is 3.63. The third kappa shape index (κ3) is 1.53. The number of carbonyl (C=O) groups excluding carboxylic acids is 2. The maximum atomic E-state index is 10.8. The van der Waals surface area contributed by atoms with Crippen molar-refractivity contribution in [3.63, 3.8) is 0 Å². The number of amides is 2. The maximum absolute atomic E-state index is 10.8. The highest BCUT2D eigenvalue weighted by Gasteiger charge is 2.17. The zero-order valence-corrected chi connectivity index (χ0v) is 6.54. The first-order chi connectivity index (χ1) is 5.63. The van der Waals surface area contributed by atoms with Gasteiger partial charge in [0.05, 0.1) is 0 Å². The van der Waals surface area contributed by atoms with E-state index < -0.39 is 11.8 Å². The van der Waals surface area contributed by atoms with Crippen molar-refractivity contribution in [1.82, 2.24) is 0 Å². The van der Waals surface area contributed by atoms with Gasteiger partial charge in [-0.25, -0.2) is 0 Å².